The van der Waals surface area contributed by atoms with Crippen molar-refractivity contribution in [3.8, 4) is 5.75 Å². The Kier molecular flexibility index (Phi) is 3.01. The molecule has 2 rings (SSSR count). The normalized spacial score (nSPS) is 9.81. The van der Waals surface area contributed by atoms with Crippen LogP contribution in [0.1, 0.15) is 15.9 Å². The van der Waals surface area contributed by atoms with Gasteiger partial charge in [-0.25, -0.2) is 4.79 Å². The Morgan fingerprint density at radius 1 is 1.00 bits per heavy atom. The number of benzene rings is 2. The molecule has 1 radical (unpaired) electrons. The van der Waals surface area contributed by atoms with E-state index >= 15 is 0 Å². The van der Waals surface area contributed by atoms with E-state index in [0.717, 1.165) is 5.56 Å². The molecule has 0 aliphatic rings. The van der Waals surface area contributed by atoms with Gasteiger partial charge in [-0.05, 0) is 36.8 Å². The van der Waals surface area contributed by atoms with Crippen LogP contribution in [0.4, 0.5) is 0 Å². The largest absolute Gasteiger partial charge is 0.423 e. The fraction of sp³-hybridized carbons (Fsp3) is 0. The molecule has 16 heavy (non-hydrogen) atoms. The summed E-state index contributed by atoms with van der Waals surface area (Å²) in [5.41, 5.74) is 1.36. The maximum Gasteiger partial charge on any atom is 0.343 e. The number of hydrogen-bond acceptors (Lipinski definition) is 2. The topological polar surface area (TPSA) is 26.3 Å². The monoisotopic (exact) mass is 211 g/mol. The highest BCUT2D eigenvalue weighted by atomic mass is 16.5. The maximum absolute atomic E-state index is 11.7. The van der Waals surface area contributed by atoms with Gasteiger partial charge in [0.1, 0.15) is 5.75 Å². The van der Waals surface area contributed by atoms with Gasteiger partial charge in [0.15, 0.2) is 0 Å². The minimum Gasteiger partial charge on any atom is -0.423 e. The third kappa shape index (κ3) is 2.48. The van der Waals surface area contributed by atoms with Crippen LogP contribution in [0, 0.1) is 6.92 Å². The molecule has 0 saturated heterocycles. The Bertz CT molecular complexity index is 489. The van der Waals surface area contributed by atoms with E-state index in [1.807, 2.05) is 12.1 Å². The van der Waals surface area contributed by atoms with Crippen molar-refractivity contribution in [3.05, 3.63) is 72.6 Å². The van der Waals surface area contributed by atoms with Gasteiger partial charge in [0.05, 0.1) is 5.56 Å². The van der Waals surface area contributed by atoms with Crippen LogP contribution in [0.3, 0.4) is 0 Å². The van der Waals surface area contributed by atoms with E-state index in [-0.39, 0.29) is 5.97 Å². The molecule has 0 saturated carbocycles. The summed E-state index contributed by atoms with van der Waals surface area (Å²) in [6.45, 7) is 3.77. The summed E-state index contributed by atoms with van der Waals surface area (Å²) in [6, 6.07) is 16.0. The van der Waals surface area contributed by atoms with Crippen molar-refractivity contribution in [3.63, 3.8) is 0 Å². The molecule has 0 heterocycles. The zero-order valence-corrected chi connectivity index (χ0v) is 8.72. The number of carbonyl (C=O) groups is 1. The van der Waals surface area contributed by atoms with E-state index in [1.165, 1.54) is 0 Å². The van der Waals surface area contributed by atoms with Crippen LogP contribution in [0.25, 0.3) is 0 Å². The van der Waals surface area contributed by atoms with Gasteiger partial charge >= 0.3 is 5.97 Å². The lowest BCUT2D eigenvalue weighted by Gasteiger charge is -2.04. The molecule has 0 aliphatic carbocycles. The van der Waals surface area contributed by atoms with Gasteiger partial charge < -0.3 is 4.74 Å². The molecular formula is C14H11O2. The summed E-state index contributed by atoms with van der Waals surface area (Å²) in [7, 11) is 0. The van der Waals surface area contributed by atoms with E-state index in [0.29, 0.717) is 11.3 Å². The minimum absolute atomic E-state index is 0.355. The second-order valence-corrected chi connectivity index (χ2v) is 3.40. The van der Waals surface area contributed by atoms with Gasteiger partial charge in [-0.2, -0.15) is 0 Å². The quantitative estimate of drug-likeness (QED) is 0.563. The Morgan fingerprint density at radius 2 is 1.75 bits per heavy atom. The van der Waals surface area contributed by atoms with E-state index in [4.69, 9.17) is 4.74 Å². The zero-order chi connectivity index (χ0) is 11.4. The van der Waals surface area contributed by atoms with Crippen LogP contribution in [-0.2, 0) is 0 Å². The number of rotatable bonds is 2. The molecule has 0 unspecified atom stereocenters. The number of esters is 1. The average Bonchev–Trinajstić information content (AvgIpc) is 2.30. The molecule has 0 atom stereocenters. The smallest absolute Gasteiger partial charge is 0.343 e. The van der Waals surface area contributed by atoms with Crippen molar-refractivity contribution >= 4 is 5.97 Å². The summed E-state index contributed by atoms with van der Waals surface area (Å²) in [6.07, 6.45) is 0. The molecule has 0 aliphatic heterocycles. The molecular weight excluding hydrogens is 200 g/mol. The van der Waals surface area contributed by atoms with Crippen molar-refractivity contribution in [2.24, 2.45) is 0 Å². The summed E-state index contributed by atoms with van der Waals surface area (Å²) < 4.78 is 5.20. The van der Waals surface area contributed by atoms with Crippen molar-refractivity contribution in [1.29, 1.82) is 0 Å². The molecule has 0 fully saturated rings. The summed E-state index contributed by atoms with van der Waals surface area (Å²) >= 11 is 0. The Morgan fingerprint density at radius 3 is 2.44 bits per heavy atom. The minimum atomic E-state index is -0.355. The van der Waals surface area contributed by atoms with E-state index in [2.05, 4.69) is 6.92 Å². The predicted octanol–water partition coefficient (Wildman–Crippen LogP) is 3.09. The first-order valence-electron chi connectivity index (χ1n) is 4.95. The van der Waals surface area contributed by atoms with Gasteiger partial charge in [-0.1, -0.05) is 30.3 Å². The van der Waals surface area contributed by atoms with Crippen LogP contribution in [0.15, 0.2) is 54.6 Å². The van der Waals surface area contributed by atoms with Gasteiger partial charge in [0.2, 0.25) is 0 Å². The molecule has 0 amide bonds. The van der Waals surface area contributed by atoms with Gasteiger partial charge in [-0.3, -0.25) is 0 Å². The highest BCUT2D eigenvalue weighted by Crippen LogP contribution is 2.14. The molecule has 0 N–H and O–H groups in total. The van der Waals surface area contributed by atoms with Gasteiger partial charge in [-0.15, -0.1) is 0 Å². The first-order valence-corrected chi connectivity index (χ1v) is 4.95. The standard InChI is InChI=1S/C14H11O2/c1-11-6-5-9-13(10-11)16-14(15)12-7-3-2-4-8-12/h2-10H,1H2. The van der Waals surface area contributed by atoms with Crippen molar-refractivity contribution in [2.45, 2.75) is 0 Å². The SMILES string of the molecule is [CH2]c1cccc(OC(=O)c2ccccc2)c1. The van der Waals surface area contributed by atoms with Gasteiger partial charge in [0.25, 0.3) is 0 Å². The van der Waals surface area contributed by atoms with Gasteiger partial charge in [0, 0.05) is 0 Å². The number of carbonyl (C=O) groups excluding carboxylic acids is 1. The fourth-order valence-electron chi connectivity index (χ4n) is 1.35. The van der Waals surface area contributed by atoms with Crippen molar-refractivity contribution in [2.75, 3.05) is 0 Å². The van der Waals surface area contributed by atoms with Crippen LogP contribution < -0.4 is 4.74 Å². The van der Waals surface area contributed by atoms with Crippen molar-refractivity contribution < 1.29 is 9.53 Å². The van der Waals surface area contributed by atoms with E-state index in [9.17, 15) is 4.79 Å². The second-order valence-electron chi connectivity index (χ2n) is 3.40. The molecule has 2 nitrogen and oxygen atoms in total. The maximum atomic E-state index is 11.7. The summed E-state index contributed by atoms with van der Waals surface area (Å²) in [5, 5.41) is 0. The van der Waals surface area contributed by atoms with E-state index < -0.39 is 0 Å². The molecule has 2 aromatic carbocycles. The average molecular weight is 211 g/mol. The fourth-order valence-corrected chi connectivity index (χ4v) is 1.35. The molecule has 0 bridgehead atoms. The molecule has 2 aromatic rings. The van der Waals surface area contributed by atoms with Crippen LogP contribution in [0.5, 0.6) is 5.75 Å². The lowest BCUT2D eigenvalue weighted by atomic mass is 10.2. The third-order valence-corrected chi connectivity index (χ3v) is 2.12. The lowest BCUT2D eigenvalue weighted by molar-refractivity contribution is 0.0735. The highest BCUT2D eigenvalue weighted by Gasteiger charge is 2.06. The van der Waals surface area contributed by atoms with E-state index in [1.54, 1.807) is 42.5 Å². The highest BCUT2D eigenvalue weighted by molar-refractivity contribution is 5.90. The Balaban J connectivity index is 2.14. The third-order valence-electron chi connectivity index (χ3n) is 2.12. The number of hydrogen-bond donors (Lipinski definition) is 0. The second kappa shape index (κ2) is 4.62. The number of ether oxygens (including phenoxy) is 1. The molecule has 2 heteroatoms. The predicted molar refractivity (Wildman–Crippen MR) is 62.3 cm³/mol. The Hall–Kier alpha value is -2.09. The summed E-state index contributed by atoms with van der Waals surface area (Å²) in [4.78, 5) is 11.7. The van der Waals surface area contributed by atoms with Crippen LogP contribution in [0.2, 0.25) is 0 Å². The van der Waals surface area contributed by atoms with Crippen LogP contribution >= 0.6 is 0 Å². The molecule has 0 aromatic heterocycles. The lowest BCUT2D eigenvalue weighted by Crippen LogP contribution is -2.07. The van der Waals surface area contributed by atoms with Crippen LogP contribution in [-0.4, -0.2) is 5.97 Å². The first kappa shape index (κ1) is 10.4. The Labute approximate surface area is 94.5 Å². The molecule has 0 spiro atoms. The first-order chi connectivity index (χ1) is 7.75. The zero-order valence-electron chi connectivity index (χ0n) is 8.72. The molecule has 79 valence electrons. The summed E-state index contributed by atoms with van der Waals surface area (Å²) in [5.74, 6) is 0.160. The van der Waals surface area contributed by atoms with Crippen molar-refractivity contribution in [1.82, 2.24) is 0 Å².